The molecule has 3 atom stereocenters. The van der Waals surface area contributed by atoms with E-state index in [1.54, 1.807) is 24.9 Å². The van der Waals surface area contributed by atoms with Crippen molar-refractivity contribution in [2.75, 3.05) is 26.3 Å². The van der Waals surface area contributed by atoms with Gasteiger partial charge in [-0.2, -0.15) is 0 Å². The summed E-state index contributed by atoms with van der Waals surface area (Å²) in [5, 5.41) is 22.9. The maximum absolute atomic E-state index is 12.4. The molecule has 3 unspecified atom stereocenters. The van der Waals surface area contributed by atoms with Gasteiger partial charge in [0.15, 0.2) is 0 Å². The molecule has 2 rings (SSSR count). The Kier molecular flexibility index (Phi) is 8.35. The summed E-state index contributed by atoms with van der Waals surface area (Å²) in [6.45, 7) is 7.59. The van der Waals surface area contributed by atoms with E-state index in [4.69, 9.17) is 4.74 Å². The van der Waals surface area contributed by atoms with Crippen LogP contribution in [0.5, 0.6) is 0 Å². The van der Waals surface area contributed by atoms with Gasteiger partial charge in [0, 0.05) is 19.3 Å². The first-order valence-electron chi connectivity index (χ1n) is 9.73. The largest absolute Gasteiger partial charge is 0.383 e. The summed E-state index contributed by atoms with van der Waals surface area (Å²) >= 11 is 0. The first kappa shape index (κ1) is 22.3. The van der Waals surface area contributed by atoms with Gasteiger partial charge in [-0.25, -0.2) is 0 Å². The molecular formula is C20H31N3O5. The third kappa shape index (κ3) is 6.25. The third-order valence-electron chi connectivity index (χ3n) is 4.90. The molecule has 0 saturated carbocycles. The number of amides is 2. The Morgan fingerprint density at radius 1 is 1.21 bits per heavy atom. The fourth-order valence-electron chi connectivity index (χ4n) is 3.03. The Bertz CT molecular complexity index is 661. The Morgan fingerprint density at radius 2 is 1.89 bits per heavy atom. The molecule has 2 amide bonds. The predicted octanol–water partition coefficient (Wildman–Crippen LogP) is 0.113. The van der Waals surface area contributed by atoms with Crippen LogP contribution in [0.25, 0.3) is 0 Å². The van der Waals surface area contributed by atoms with Gasteiger partial charge in [0.05, 0.1) is 25.5 Å². The lowest BCUT2D eigenvalue weighted by Gasteiger charge is -2.30. The number of aliphatic hydroxyl groups is 2. The van der Waals surface area contributed by atoms with Crippen molar-refractivity contribution in [2.45, 2.75) is 45.9 Å². The van der Waals surface area contributed by atoms with Crippen LogP contribution in [0, 0.1) is 11.8 Å². The number of hydrogen-bond donors (Lipinski definition) is 3. The molecule has 1 aromatic heterocycles. The molecule has 0 radical (unpaired) electrons. The maximum atomic E-state index is 12.4. The van der Waals surface area contributed by atoms with Crippen LogP contribution in [0.3, 0.4) is 0 Å². The van der Waals surface area contributed by atoms with Crippen molar-refractivity contribution >= 4 is 11.8 Å². The van der Waals surface area contributed by atoms with Crippen LogP contribution in [0.15, 0.2) is 18.3 Å². The number of ether oxygens (including phenoxy) is 1. The lowest BCUT2D eigenvalue weighted by atomic mass is 9.95. The highest BCUT2D eigenvalue weighted by Crippen LogP contribution is 2.15. The fraction of sp³-hybridized carbons (Fsp3) is 0.650. The molecule has 0 aromatic carbocycles. The van der Waals surface area contributed by atoms with E-state index >= 15 is 0 Å². The van der Waals surface area contributed by atoms with E-state index in [0.717, 1.165) is 5.56 Å². The van der Waals surface area contributed by atoms with Gasteiger partial charge in [-0.3, -0.25) is 14.6 Å². The normalized spacial score (nSPS) is 17.9. The van der Waals surface area contributed by atoms with Crippen molar-refractivity contribution in [3.63, 3.8) is 0 Å². The topological polar surface area (TPSA) is 112 Å². The number of aliphatic hydroxyl groups excluding tert-OH is 2. The molecular weight excluding hydrogens is 362 g/mol. The van der Waals surface area contributed by atoms with Crippen LogP contribution < -0.4 is 5.32 Å². The van der Waals surface area contributed by atoms with Gasteiger partial charge in [-0.05, 0) is 36.0 Å². The second kappa shape index (κ2) is 10.5. The zero-order valence-electron chi connectivity index (χ0n) is 16.8. The highest BCUT2D eigenvalue weighted by Gasteiger charge is 2.28. The van der Waals surface area contributed by atoms with Gasteiger partial charge in [-0.15, -0.1) is 0 Å². The summed E-state index contributed by atoms with van der Waals surface area (Å²) in [5.74, 6) is -1.12. The summed E-state index contributed by atoms with van der Waals surface area (Å²) in [5.41, 5.74) is 1.58. The molecule has 0 aliphatic carbocycles. The Hall–Kier alpha value is -2.03. The van der Waals surface area contributed by atoms with Crippen molar-refractivity contribution in [1.29, 1.82) is 0 Å². The van der Waals surface area contributed by atoms with Crippen LogP contribution in [0.4, 0.5) is 0 Å². The summed E-state index contributed by atoms with van der Waals surface area (Å²) in [6, 6.07) is 3.67. The first-order valence-corrected chi connectivity index (χ1v) is 9.73. The van der Waals surface area contributed by atoms with E-state index in [9.17, 15) is 19.8 Å². The second-order valence-corrected chi connectivity index (χ2v) is 7.63. The quantitative estimate of drug-likeness (QED) is 0.578. The van der Waals surface area contributed by atoms with Crippen molar-refractivity contribution in [2.24, 2.45) is 11.8 Å². The predicted molar refractivity (Wildman–Crippen MR) is 103 cm³/mol. The summed E-state index contributed by atoms with van der Waals surface area (Å²) < 4.78 is 5.24. The molecule has 1 saturated heterocycles. The van der Waals surface area contributed by atoms with Crippen LogP contribution >= 0.6 is 0 Å². The van der Waals surface area contributed by atoms with Gasteiger partial charge >= 0.3 is 0 Å². The average Bonchev–Trinajstić information content (AvgIpc) is 2.71. The Balaban J connectivity index is 1.90. The maximum Gasteiger partial charge on any atom is 0.251 e. The number of aromatic nitrogens is 1. The first-order chi connectivity index (χ1) is 13.3. The molecule has 28 heavy (non-hydrogen) atoms. The van der Waals surface area contributed by atoms with Crippen LogP contribution in [0.2, 0.25) is 0 Å². The lowest BCUT2D eigenvalue weighted by molar-refractivity contribution is -0.146. The van der Waals surface area contributed by atoms with Crippen molar-refractivity contribution in [3.8, 4) is 0 Å². The van der Waals surface area contributed by atoms with E-state index in [1.807, 2.05) is 19.1 Å². The lowest BCUT2D eigenvalue weighted by Crippen LogP contribution is -2.47. The van der Waals surface area contributed by atoms with Gasteiger partial charge < -0.3 is 25.2 Å². The molecule has 1 aliphatic rings. The molecule has 0 spiro atoms. The number of carbonyl (C=O) groups excluding carboxylic acids is 2. The monoisotopic (exact) mass is 393 g/mol. The zero-order valence-corrected chi connectivity index (χ0v) is 16.8. The number of carbonyl (C=O) groups is 2. The van der Waals surface area contributed by atoms with Crippen molar-refractivity contribution < 1.29 is 24.5 Å². The van der Waals surface area contributed by atoms with E-state index in [0.29, 0.717) is 38.4 Å². The van der Waals surface area contributed by atoms with Gasteiger partial charge in [0.25, 0.3) is 5.91 Å². The Morgan fingerprint density at radius 3 is 2.54 bits per heavy atom. The minimum atomic E-state index is -1.07. The molecule has 1 fully saturated rings. The molecule has 1 aromatic rings. The van der Waals surface area contributed by atoms with Crippen LogP contribution in [-0.2, 0) is 27.3 Å². The minimum Gasteiger partial charge on any atom is -0.383 e. The molecule has 8 nitrogen and oxygen atoms in total. The van der Waals surface area contributed by atoms with Crippen molar-refractivity contribution in [3.05, 3.63) is 29.6 Å². The number of pyridine rings is 1. The van der Waals surface area contributed by atoms with Crippen LogP contribution in [0.1, 0.15) is 32.0 Å². The highest BCUT2D eigenvalue weighted by molar-refractivity contribution is 5.81. The fourth-order valence-corrected chi connectivity index (χ4v) is 3.03. The summed E-state index contributed by atoms with van der Waals surface area (Å²) in [6.07, 6.45) is 0.0219. The van der Waals surface area contributed by atoms with E-state index in [1.165, 1.54) is 0 Å². The van der Waals surface area contributed by atoms with Gasteiger partial charge in [0.2, 0.25) is 5.91 Å². The highest BCUT2D eigenvalue weighted by atomic mass is 16.5. The molecule has 1 aliphatic heterocycles. The minimum absolute atomic E-state index is 0.161. The SMILES string of the molecule is CC(C)C(O)C(=O)NCc1cc(CC(C)C(O)C(=O)N2CCOCC2)ccn1. The number of nitrogens with one attached hydrogen (secondary N) is 1. The number of morpholine rings is 1. The molecule has 3 N–H and O–H groups in total. The molecule has 8 heteroatoms. The van der Waals surface area contributed by atoms with E-state index in [2.05, 4.69) is 10.3 Å². The zero-order chi connectivity index (χ0) is 20.7. The summed E-state index contributed by atoms with van der Waals surface area (Å²) in [7, 11) is 0. The van der Waals surface area contributed by atoms with E-state index < -0.39 is 18.1 Å². The van der Waals surface area contributed by atoms with Gasteiger partial charge in [-0.1, -0.05) is 20.8 Å². The third-order valence-corrected chi connectivity index (χ3v) is 4.90. The second-order valence-electron chi connectivity index (χ2n) is 7.63. The van der Waals surface area contributed by atoms with Crippen molar-refractivity contribution in [1.82, 2.24) is 15.2 Å². The average molecular weight is 393 g/mol. The Labute approximate surface area is 165 Å². The standard InChI is InChI=1S/C20H31N3O5/c1-13(2)17(24)19(26)22-12-16-11-15(4-5-21-16)10-14(3)18(25)20(27)23-6-8-28-9-7-23/h4-5,11,13-14,17-18,24-25H,6-10,12H2,1-3H3,(H,22,26). The number of rotatable bonds is 8. The number of hydrogen-bond acceptors (Lipinski definition) is 6. The smallest absolute Gasteiger partial charge is 0.251 e. The van der Waals surface area contributed by atoms with E-state index in [-0.39, 0.29) is 24.3 Å². The van der Waals surface area contributed by atoms with Crippen LogP contribution in [-0.4, -0.2) is 70.4 Å². The molecule has 2 heterocycles. The summed E-state index contributed by atoms with van der Waals surface area (Å²) in [4.78, 5) is 30.2. The number of nitrogens with zero attached hydrogens (tertiary/aromatic N) is 2. The van der Waals surface area contributed by atoms with Gasteiger partial charge in [0.1, 0.15) is 12.2 Å². The molecule has 0 bridgehead atoms. The molecule has 156 valence electrons.